The van der Waals surface area contributed by atoms with Crippen molar-refractivity contribution >= 4 is 17.5 Å². The van der Waals surface area contributed by atoms with Gasteiger partial charge in [-0.3, -0.25) is 9.59 Å². The van der Waals surface area contributed by atoms with Crippen LogP contribution in [0.3, 0.4) is 0 Å². The van der Waals surface area contributed by atoms with Crippen molar-refractivity contribution in [3.8, 4) is 0 Å². The fourth-order valence-electron chi connectivity index (χ4n) is 2.41. The van der Waals surface area contributed by atoms with E-state index in [2.05, 4.69) is 10.6 Å². The largest absolute Gasteiger partial charge is 0.351 e. The molecule has 2 aromatic rings. The third kappa shape index (κ3) is 3.39. The lowest BCUT2D eigenvalue weighted by molar-refractivity contribution is -0.134. The molecule has 0 aliphatic heterocycles. The standard InChI is InChI=1S/C18H17FN2O2/c19-14-8-6-13(7-9-14)12-20-16(22)18(10-11-18)17(23)21-15-4-2-1-3-5-15/h1-9H,10-12H2,(H,20,22)(H,21,23). The average Bonchev–Trinajstić information content (AvgIpc) is 3.37. The molecule has 0 bridgehead atoms. The highest BCUT2D eigenvalue weighted by atomic mass is 19.1. The molecule has 1 fully saturated rings. The first-order valence-corrected chi connectivity index (χ1v) is 7.49. The highest BCUT2D eigenvalue weighted by Crippen LogP contribution is 2.46. The van der Waals surface area contributed by atoms with Gasteiger partial charge in [0.15, 0.2) is 0 Å². The van der Waals surface area contributed by atoms with Gasteiger partial charge in [0.1, 0.15) is 11.2 Å². The Bertz CT molecular complexity index is 710. The monoisotopic (exact) mass is 312 g/mol. The van der Waals surface area contributed by atoms with E-state index in [4.69, 9.17) is 0 Å². The quantitative estimate of drug-likeness (QED) is 0.834. The smallest absolute Gasteiger partial charge is 0.240 e. The van der Waals surface area contributed by atoms with Gasteiger partial charge in [-0.15, -0.1) is 0 Å². The number of halogens is 1. The van der Waals surface area contributed by atoms with E-state index >= 15 is 0 Å². The van der Waals surface area contributed by atoms with Gasteiger partial charge in [0.25, 0.3) is 0 Å². The maximum Gasteiger partial charge on any atom is 0.240 e. The van der Waals surface area contributed by atoms with Crippen molar-refractivity contribution in [2.24, 2.45) is 5.41 Å². The van der Waals surface area contributed by atoms with E-state index in [-0.39, 0.29) is 24.2 Å². The van der Waals surface area contributed by atoms with Crippen LogP contribution in [0.15, 0.2) is 54.6 Å². The van der Waals surface area contributed by atoms with Gasteiger partial charge in [-0.2, -0.15) is 0 Å². The summed E-state index contributed by atoms with van der Waals surface area (Å²) in [5.74, 6) is -0.878. The number of hydrogen-bond acceptors (Lipinski definition) is 2. The van der Waals surface area contributed by atoms with E-state index in [9.17, 15) is 14.0 Å². The number of nitrogens with one attached hydrogen (secondary N) is 2. The molecule has 4 nitrogen and oxygen atoms in total. The van der Waals surface area contributed by atoms with Crippen LogP contribution in [0, 0.1) is 11.2 Å². The fourth-order valence-corrected chi connectivity index (χ4v) is 2.41. The molecule has 3 rings (SSSR count). The molecule has 0 spiro atoms. The van der Waals surface area contributed by atoms with Crippen LogP contribution in [0.4, 0.5) is 10.1 Å². The third-order valence-corrected chi connectivity index (χ3v) is 4.02. The zero-order valence-electron chi connectivity index (χ0n) is 12.5. The van der Waals surface area contributed by atoms with Crippen molar-refractivity contribution in [1.29, 1.82) is 0 Å². The zero-order chi connectivity index (χ0) is 16.3. The van der Waals surface area contributed by atoms with E-state index in [1.54, 1.807) is 24.3 Å². The summed E-state index contributed by atoms with van der Waals surface area (Å²) < 4.78 is 12.9. The summed E-state index contributed by atoms with van der Waals surface area (Å²) in [5.41, 5.74) is 0.490. The van der Waals surface area contributed by atoms with Crippen molar-refractivity contribution in [2.45, 2.75) is 19.4 Å². The van der Waals surface area contributed by atoms with Crippen LogP contribution in [-0.2, 0) is 16.1 Å². The number of carbonyl (C=O) groups excluding carboxylic acids is 2. The maximum absolute atomic E-state index is 12.9. The third-order valence-electron chi connectivity index (χ3n) is 4.02. The molecule has 0 radical (unpaired) electrons. The Morgan fingerprint density at radius 2 is 1.61 bits per heavy atom. The van der Waals surface area contributed by atoms with Gasteiger partial charge in [0, 0.05) is 12.2 Å². The lowest BCUT2D eigenvalue weighted by atomic mass is 10.0. The van der Waals surface area contributed by atoms with Gasteiger partial charge in [-0.1, -0.05) is 30.3 Å². The molecule has 5 heteroatoms. The Morgan fingerprint density at radius 3 is 2.22 bits per heavy atom. The van der Waals surface area contributed by atoms with Gasteiger partial charge in [0.05, 0.1) is 0 Å². The summed E-state index contributed by atoms with van der Waals surface area (Å²) in [6.07, 6.45) is 1.09. The molecule has 0 atom stereocenters. The van der Waals surface area contributed by atoms with E-state index in [0.29, 0.717) is 18.5 Å². The Balaban J connectivity index is 1.60. The highest BCUT2D eigenvalue weighted by molar-refractivity contribution is 6.13. The first kappa shape index (κ1) is 15.2. The molecule has 118 valence electrons. The Labute approximate surface area is 133 Å². The highest BCUT2D eigenvalue weighted by Gasteiger charge is 2.56. The molecule has 2 aromatic carbocycles. The Kier molecular flexibility index (Phi) is 4.10. The molecule has 1 saturated carbocycles. The summed E-state index contributed by atoms with van der Waals surface area (Å²) >= 11 is 0. The predicted octanol–water partition coefficient (Wildman–Crippen LogP) is 2.86. The number of benzene rings is 2. The van der Waals surface area contributed by atoms with Crippen LogP contribution in [0.1, 0.15) is 18.4 Å². The molecular weight excluding hydrogens is 295 g/mol. The Hall–Kier alpha value is -2.69. The summed E-state index contributed by atoms with van der Waals surface area (Å²) in [7, 11) is 0. The second-order valence-electron chi connectivity index (χ2n) is 5.71. The molecule has 0 saturated heterocycles. The van der Waals surface area contributed by atoms with Gasteiger partial charge in [0.2, 0.25) is 11.8 Å². The van der Waals surface area contributed by atoms with E-state index in [1.807, 2.05) is 18.2 Å². The van der Waals surface area contributed by atoms with Crippen LogP contribution >= 0.6 is 0 Å². The number of anilines is 1. The van der Waals surface area contributed by atoms with Crippen molar-refractivity contribution < 1.29 is 14.0 Å². The number of hydrogen-bond donors (Lipinski definition) is 2. The first-order chi connectivity index (χ1) is 11.1. The number of amides is 2. The average molecular weight is 312 g/mol. The minimum Gasteiger partial charge on any atom is -0.351 e. The number of rotatable bonds is 5. The van der Waals surface area contributed by atoms with Crippen LogP contribution in [0.2, 0.25) is 0 Å². The normalized spacial score (nSPS) is 14.8. The molecule has 0 aromatic heterocycles. The van der Waals surface area contributed by atoms with Gasteiger partial charge in [-0.05, 0) is 42.7 Å². The van der Waals surface area contributed by atoms with Gasteiger partial charge >= 0.3 is 0 Å². The lowest BCUT2D eigenvalue weighted by Crippen LogP contribution is -2.39. The van der Waals surface area contributed by atoms with Crippen molar-refractivity contribution in [3.05, 3.63) is 66.0 Å². The SMILES string of the molecule is O=C(NCc1ccc(F)cc1)C1(C(=O)Nc2ccccc2)CC1. The molecule has 0 heterocycles. The molecule has 1 aliphatic carbocycles. The summed E-state index contributed by atoms with van der Waals surface area (Å²) in [4.78, 5) is 24.7. The van der Waals surface area contributed by atoms with Crippen molar-refractivity contribution in [1.82, 2.24) is 5.32 Å². The number of para-hydroxylation sites is 1. The summed E-state index contributed by atoms with van der Waals surface area (Å²) in [6, 6.07) is 15.0. The number of carbonyl (C=O) groups is 2. The van der Waals surface area contributed by atoms with Crippen LogP contribution in [0.25, 0.3) is 0 Å². The molecule has 2 N–H and O–H groups in total. The van der Waals surface area contributed by atoms with E-state index < -0.39 is 5.41 Å². The van der Waals surface area contributed by atoms with E-state index in [0.717, 1.165) is 5.56 Å². The van der Waals surface area contributed by atoms with Crippen LogP contribution < -0.4 is 10.6 Å². The molecular formula is C18H17FN2O2. The predicted molar refractivity (Wildman–Crippen MR) is 85.0 cm³/mol. The molecule has 23 heavy (non-hydrogen) atoms. The fraction of sp³-hybridized carbons (Fsp3) is 0.222. The summed E-state index contributed by atoms with van der Waals surface area (Å²) in [6.45, 7) is 0.277. The minimum absolute atomic E-state index is 0.277. The molecule has 1 aliphatic rings. The Morgan fingerprint density at radius 1 is 0.957 bits per heavy atom. The minimum atomic E-state index is -0.976. The summed E-state index contributed by atoms with van der Waals surface area (Å²) in [5, 5.41) is 5.55. The van der Waals surface area contributed by atoms with Crippen molar-refractivity contribution in [2.75, 3.05) is 5.32 Å². The van der Waals surface area contributed by atoms with Gasteiger partial charge < -0.3 is 10.6 Å². The van der Waals surface area contributed by atoms with E-state index in [1.165, 1.54) is 12.1 Å². The zero-order valence-corrected chi connectivity index (χ0v) is 12.5. The second kappa shape index (κ2) is 6.20. The van der Waals surface area contributed by atoms with Crippen LogP contribution in [0.5, 0.6) is 0 Å². The van der Waals surface area contributed by atoms with Crippen LogP contribution in [-0.4, -0.2) is 11.8 Å². The van der Waals surface area contributed by atoms with Gasteiger partial charge in [-0.25, -0.2) is 4.39 Å². The first-order valence-electron chi connectivity index (χ1n) is 7.49. The second-order valence-corrected chi connectivity index (χ2v) is 5.71. The molecule has 0 unspecified atom stereocenters. The topological polar surface area (TPSA) is 58.2 Å². The maximum atomic E-state index is 12.9. The molecule has 2 amide bonds. The lowest BCUT2D eigenvalue weighted by Gasteiger charge is -2.15. The van der Waals surface area contributed by atoms with Crippen molar-refractivity contribution in [3.63, 3.8) is 0 Å².